The zero-order chi connectivity index (χ0) is 27.5. The lowest BCUT2D eigenvalue weighted by molar-refractivity contribution is -0.151. The number of alkyl halides is 3. The number of hydrogen-bond acceptors (Lipinski definition) is 9. The summed E-state index contributed by atoms with van der Waals surface area (Å²) in [6, 6.07) is -2.12. The molecule has 0 unspecified atom stereocenters. The molecule has 2 fully saturated rings. The summed E-state index contributed by atoms with van der Waals surface area (Å²) in [5.41, 5.74) is -0.360. The predicted octanol–water partition coefficient (Wildman–Crippen LogP) is 3.79. The lowest BCUT2D eigenvalue weighted by Gasteiger charge is -2.49. The van der Waals surface area contributed by atoms with Crippen molar-refractivity contribution in [3.05, 3.63) is 32.1 Å². The molecular weight excluding hydrogens is 633 g/mol. The molecule has 1 saturated carbocycles. The van der Waals surface area contributed by atoms with E-state index in [2.05, 4.69) is 36.5 Å². The van der Waals surface area contributed by atoms with E-state index in [0.717, 1.165) is 14.6 Å². The zero-order valence-corrected chi connectivity index (χ0v) is 23.8. The van der Waals surface area contributed by atoms with Gasteiger partial charge in [-0.25, -0.2) is 4.79 Å². The van der Waals surface area contributed by atoms with E-state index in [-0.39, 0.29) is 16.1 Å². The standard InChI is InChI=1S/C21H20BrF3N6O4S3/c1-7(31-13(9-3-4-9)11(22)15(29-31)21(23,24)25)16(32)26-12-17(33)30-14(19(34)35)10(5-36-18(12)30)6-37-20-28-27-8(2)38-20/h7,9,12,18H,3-6H2,1-2H3,(H,26,32)(H,34,35)/t7-,12+,18+/m1/s1. The molecular formula is C21H20BrF3N6O4S3. The Morgan fingerprint density at radius 2 is 2.03 bits per heavy atom. The van der Waals surface area contributed by atoms with Gasteiger partial charge >= 0.3 is 12.1 Å². The highest BCUT2D eigenvalue weighted by Crippen LogP contribution is 2.48. The summed E-state index contributed by atoms with van der Waals surface area (Å²) >= 11 is 7.05. The molecule has 0 aromatic carbocycles. The summed E-state index contributed by atoms with van der Waals surface area (Å²) in [5, 5.41) is 24.2. The number of halogens is 4. The van der Waals surface area contributed by atoms with Crippen LogP contribution in [-0.4, -0.2) is 70.7 Å². The molecule has 0 radical (unpaired) electrons. The van der Waals surface area contributed by atoms with E-state index in [1.807, 2.05) is 6.92 Å². The first-order valence-electron chi connectivity index (χ1n) is 11.4. The molecule has 5 rings (SSSR count). The largest absolute Gasteiger partial charge is 0.477 e. The van der Waals surface area contributed by atoms with E-state index in [4.69, 9.17) is 0 Å². The number of hydrogen-bond donors (Lipinski definition) is 2. The Kier molecular flexibility index (Phi) is 7.32. The van der Waals surface area contributed by atoms with Gasteiger partial charge in [-0.15, -0.1) is 22.0 Å². The van der Waals surface area contributed by atoms with Crippen molar-refractivity contribution < 1.29 is 32.7 Å². The maximum Gasteiger partial charge on any atom is 0.436 e. The summed E-state index contributed by atoms with van der Waals surface area (Å²) in [5.74, 6) is -2.01. The number of carboxylic acid groups (broad SMARTS) is 1. The van der Waals surface area contributed by atoms with Gasteiger partial charge in [0.25, 0.3) is 5.91 Å². The van der Waals surface area contributed by atoms with Crippen LogP contribution in [0.25, 0.3) is 0 Å². The fourth-order valence-corrected chi connectivity index (χ4v) is 8.40. The van der Waals surface area contributed by atoms with Crippen molar-refractivity contribution in [2.45, 2.75) is 60.6 Å². The minimum atomic E-state index is -4.70. The van der Waals surface area contributed by atoms with Gasteiger partial charge in [0.05, 0.1) is 10.2 Å². The topological polar surface area (TPSA) is 130 Å². The lowest BCUT2D eigenvalue weighted by atomic mass is 10.0. The summed E-state index contributed by atoms with van der Waals surface area (Å²) in [4.78, 5) is 39.3. The zero-order valence-electron chi connectivity index (χ0n) is 19.8. The van der Waals surface area contributed by atoms with Gasteiger partial charge in [0.15, 0.2) is 10.0 Å². The minimum absolute atomic E-state index is 0.118. The monoisotopic (exact) mass is 652 g/mol. The van der Waals surface area contributed by atoms with Crippen LogP contribution in [0, 0.1) is 6.92 Å². The molecule has 4 heterocycles. The Balaban J connectivity index is 1.31. The average Bonchev–Trinajstić information content (AvgIpc) is 3.50. The highest BCUT2D eigenvalue weighted by Gasteiger charge is 2.54. The first-order valence-corrected chi connectivity index (χ1v) is 15.0. The predicted molar refractivity (Wildman–Crippen MR) is 137 cm³/mol. The lowest BCUT2D eigenvalue weighted by Crippen LogP contribution is -2.71. The number of thioether (sulfide) groups is 2. The van der Waals surface area contributed by atoms with E-state index in [1.54, 1.807) is 0 Å². The number of β-lactam (4-membered cyclic amide) rings is 1. The van der Waals surface area contributed by atoms with Crippen molar-refractivity contribution >= 4 is 68.6 Å². The summed E-state index contributed by atoms with van der Waals surface area (Å²) in [6.45, 7) is 3.23. The summed E-state index contributed by atoms with van der Waals surface area (Å²) in [6.07, 6.45) is -3.32. The van der Waals surface area contributed by atoms with Gasteiger partial charge in [-0.2, -0.15) is 18.3 Å². The quantitative estimate of drug-likeness (QED) is 0.323. The third-order valence-corrected chi connectivity index (χ3v) is 10.5. The smallest absolute Gasteiger partial charge is 0.436 e. The van der Waals surface area contributed by atoms with E-state index in [9.17, 15) is 32.7 Å². The Morgan fingerprint density at radius 3 is 2.61 bits per heavy atom. The second-order valence-corrected chi connectivity index (χ2v) is 13.3. The molecule has 10 nitrogen and oxygen atoms in total. The third-order valence-electron chi connectivity index (χ3n) is 6.29. The van der Waals surface area contributed by atoms with Crippen LogP contribution < -0.4 is 5.32 Å². The van der Waals surface area contributed by atoms with Crippen LogP contribution in [0.15, 0.2) is 20.1 Å². The molecule has 204 valence electrons. The normalized spacial score (nSPS) is 22.3. The number of aromatic nitrogens is 4. The number of carbonyl (C=O) groups excluding carboxylic acids is 2. The number of aryl methyl sites for hydroxylation is 1. The molecule has 1 aliphatic carbocycles. The van der Waals surface area contributed by atoms with E-state index >= 15 is 0 Å². The van der Waals surface area contributed by atoms with Crippen LogP contribution in [-0.2, 0) is 20.6 Å². The number of nitrogens with zero attached hydrogens (tertiary/aromatic N) is 5. The Bertz CT molecular complexity index is 1360. The SMILES string of the molecule is Cc1nnc(SCC2=C(C(=O)O)N3C(=O)[C@H](NC(=O)[C@@H](C)n4nc(C(F)(F)F)c(Br)c4C4CC4)[C@@H]3SC2)s1. The Morgan fingerprint density at radius 1 is 1.32 bits per heavy atom. The van der Waals surface area contributed by atoms with Crippen LogP contribution in [0.1, 0.15) is 48.1 Å². The third kappa shape index (κ3) is 4.97. The average molecular weight is 654 g/mol. The molecule has 0 spiro atoms. The van der Waals surface area contributed by atoms with Gasteiger partial charge in [-0.05, 0) is 48.2 Å². The highest BCUT2D eigenvalue weighted by atomic mass is 79.9. The summed E-state index contributed by atoms with van der Waals surface area (Å²) < 4.78 is 42.0. The fourth-order valence-electron chi connectivity index (χ4n) is 4.29. The Hall–Kier alpha value is -2.11. The van der Waals surface area contributed by atoms with Gasteiger partial charge in [-0.3, -0.25) is 19.2 Å². The van der Waals surface area contributed by atoms with Crippen molar-refractivity contribution in [3.8, 4) is 0 Å². The van der Waals surface area contributed by atoms with Crippen molar-refractivity contribution in [2.24, 2.45) is 0 Å². The minimum Gasteiger partial charge on any atom is -0.477 e. The number of carbonyl (C=O) groups is 3. The number of nitrogens with one attached hydrogen (secondary N) is 1. The first kappa shape index (κ1) is 27.5. The Labute approximate surface area is 234 Å². The molecule has 38 heavy (non-hydrogen) atoms. The highest BCUT2D eigenvalue weighted by molar-refractivity contribution is 9.10. The number of carboxylic acids is 1. The van der Waals surface area contributed by atoms with Crippen LogP contribution >= 0.6 is 50.8 Å². The van der Waals surface area contributed by atoms with Crippen molar-refractivity contribution in [1.82, 2.24) is 30.2 Å². The van der Waals surface area contributed by atoms with Gasteiger partial charge < -0.3 is 10.4 Å². The van der Waals surface area contributed by atoms with Gasteiger partial charge in [0.1, 0.15) is 28.2 Å². The van der Waals surface area contributed by atoms with E-state index < -0.39 is 47.1 Å². The fraction of sp³-hybridized carbons (Fsp3) is 0.524. The number of amides is 2. The van der Waals surface area contributed by atoms with Crippen molar-refractivity contribution in [1.29, 1.82) is 0 Å². The summed E-state index contributed by atoms with van der Waals surface area (Å²) in [7, 11) is 0. The maximum absolute atomic E-state index is 13.5. The molecule has 2 aromatic heterocycles. The van der Waals surface area contributed by atoms with Crippen LogP contribution in [0.4, 0.5) is 13.2 Å². The first-order chi connectivity index (χ1) is 17.9. The molecule has 17 heteroatoms. The van der Waals surface area contributed by atoms with E-state index in [0.29, 0.717) is 40.0 Å². The van der Waals surface area contributed by atoms with Crippen molar-refractivity contribution in [3.63, 3.8) is 0 Å². The second-order valence-electron chi connectivity index (χ2n) is 8.97. The molecule has 2 aromatic rings. The van der Waals surface area contributed by atoms with Gasteiger partial charge in [0.2, 0.25) is 5.91 Å². The molecule has 2 N–H and O–H groups in total. The molecule has 0 bridgehead atoms. The van der Waals surface area contributed by atoms with Gasteiger partial charge in [0, 0.05) is 17.4 Å². The number of rotatable bonds is 8. The van der Waals surface area contributed by atoms with Gasteiger partial charge in [-0.1, -0.05) is 23.1 Å². The van der Waals surface area contributed by atoms with Crippen LogP contribution in [0.2, 0.25) is 0 Å². The second kappa shape index (κ2) is 10.1. The maximum atomic E-state index is 13.5. The van der Waals surface area contributed by atoms with Crippen molar-refractivity contribution in [2.75, 3.05) is 11.5 Å². The molecule has 2 amide bonds. The molecule has 3 aliphatic rings. The van der Waals surface area contributed by atoms with E-state index in [1.165, 1.54) is 41.8 Å². The molecule has 2 aliphatic heterocycles. The van der Waals surface area contributed by atoms with Crippen LogP contribution in [0.3, 0.4) is 0 Å². The molecule has 1 saturated heterocycles. The number of fused-ring (bicyclic) bond motifs is 1. The number of aliphatic carboxylic acids is 1. The van der Waals surface area contributed by atoms with Crippen LogP contribution in [0.5, 0.6) is 0 Å². The molecule has 3 atom stereocenters.